The molecule has 0 aromatic heterocycles. The van der Waals surface area contributed by atoms with Gasteiger partial charge < -0.3 is 19.7 Å². The summed E-state index contributed by atoms with van der Waals surface area (Å²) in [6, 6.07) is 0.578. The van der Waals surface area contributed by atoms with Crippen LogP contribution in [0.1, 0.15) is 58.3 Å². The Labute approximate surface area is 157 Å². The number of likely N-dealkylation sites (tertiary alicyclic amines) is 1. The molecule has 2 spiro atoms. The number of nitrogens with zero attached hydrogens (tertiary/aromatic N) is 2. The van der Waals surface area contributed by atoms with Crippen LogP contribution in [0.4, 0.5) is 0 Å². The molecule has 5 aliphatic rings. The molecule has 26 heavy (non-hydrogen) atoms. The Morgan fingerprint density at radius 1 is 1.12 bits per heavy atom. The second-order valence-electron chi connectivity index (χ2n) is 9.39. The summed E-state index contributed by atoms with van der Waals surface area (Å²) in [4.78, 5) is 7.49. The first-order valence-electron chi connectivity index (χ1n) is 11.0. The average molecular weight is 362 g/mol. The van der Waals surface area contributed by atoms with Crippen molar-refractivity contribution in [1.82, 2.24) is 10.2 Å². The first-order valence-corrected chi connectivity index (χ1v) is 11.0. The molecule has 3 saturated heterocycles. The summed E-state index contributed by atoms with van der Waals surface area (Å²) >= 11 is 0. The molecule has 5 fully saturated rings. The number of nitrogens with one attached hydrogen (secondary N) is 1. The van der Waals surface area contributed by atoms with E-state index in [2.05, 4.69) is 17.1 Å². The molecular weight excluding hydrogens is 326 g/mol. The molecule has 0 aromatic rings. The molecule has 3 unspecified atom stereocenters. The fourth-order valence-corrected chi connectivity index (χ4v) is 6.76. The molecule has 1 N–H and O–H groups in total. The van der Waals surface area contributed by atoms with Crippen LogP contribution in [0.2, 0.25) is 0 Å². The van der Waals surface area contributed by atoms with Gasteiger partial charge in [0.15, 0.2) is 5.96 Å². The Morgan fingerprint density at radius 3 is 2.69 bits per heavy atom. The average Bonchev–Trinajstić information content (AvgIpc) is 3.38. The van der Waals surface area contributed by atoms with Crippen molar-refractivity contribution in [2.45, 2.75) is 70.4 Å². The molecule has 0 bridgehead atoms. The van der Waals surface area contributed by atoms with E-state index in [1.165, 1.54) is 57.3 Å². The minimum absolute atomic E-state index is 0.395. The summed E-state index contributed by atoms with van der Waals surface area (Å²) in [5.74, 6) is 1.88. The molecule has 5 rings (SSSR count). The maximum atomic E-state index is 6.17. The van der Waals surface area contributed by atoms with Crippen molar-refractivity contribution >= 4 is 5.96 Å². The fraction of sp³-hybridized carbons (Fsp3) is 0.952. The molecule has 146 valence electrons. The number of ether oxygens (including phenoxy) is 2. The lowest BCUT2D eigenvalue weighted by atomic mass is 9.54. The van der Waals surface area contributed by atoms with Crippen LogP contribution in [0.25, 0.3) is 0 Å². The molecule has 3 atom stereocenters. The van der Waals surface area contributed by atoms with E-state index < -0.39 is 0 Å². The van der Waals surface area contributed by atoms with Gasteiger partial charge in [0.25, 0.3) is 0 Å². The number of aliphatic imine (C=N–C) groups is 1. The molecule has 0 radical (unpaired) electrons. The third kappa shape index (κ3) is 2.61. The third-order valence-corrected chi connectivity index (χ3v) is 8.17. The second-order valence-corrected chi connectivity index (χ2v) is 9.39. The lowest BCUT2D eigenvalue weighted by Gasteiger charge is -2.57. The highest BCUT2D eigenvalue weighted by Gasteiger charge is 2.65. The van der Waals surface area contributed by atoms with Crippen molar-refractivity contribution < 1.29 is 9.47 Å². The Balaban J connectivity index is 1.31. The van der Waals surface area contributed by atoms with Gasteiger partial charge >= 0.3 is 0 Å². The van der Waals surface area contributed by atoms with Crippen molar-refractivity contribution in [3.8, 4) is 0 Å². The monoisotopic (exact) mass is 361 g/mol. The molecule has 5 nitrogen and oxygen atoms in total. The highest BCUT2D eigenvalue weighted by molar-refractivity contribution is 5.81. The second kappa shape index (κ2) is 6.66. The summed E-state index contributed by atoms with van der Waals surface area (Å²) in [5.41, 5.74) is 0.865. The Morgan fingerprint density at radius 2 is 1.92 bits per heavy atom. The van der Waals surface area contributed by atoms with E-state index in [-0.39, 0.29) is 0 Å². The van der Waals surface area contributed by atoms with Gasteiger partial charge in [0, 0.05) is 56.8 Å². The van der Waals surface area contributed by atoms with Crippen LogP contribution in [0, 0.1) is 16.7 Å². The molecule has 0 aromatic carbocycles. The van der Waals surface area contributed by atoms with E-state index in [9.17, 15) is 0 Å². The Kier molecular flexibility index (Phi) is 4.43. The van der Waals surface area contributed by atoms with Gasteiger partial charge in [-0.2, -0.15) is 0 Å². The normalized spacial score (nSPS) is 38.0. The maximum Gasteiger partial charge on any atom is 0.194 e. The Hall–Kier alpha value is -0.810. The van der Waals surface area contributed by atoms with Gasteiger partial charge in [0.1, 0.15) is 0 Å². The third-order valence-electron chi connectivity index (χ3n) is 8.17. The summed E-state index contributed by atoms with van der Waals surface area (Å²) in [6.45, 7) is 8.17. The van der Waals surface area contributed by atoms with Crippen molar-refractivity contribution in [3.63, 3.8) is 0 Å². The molecule has 0 amide bonds. The predicted molar refractivity (Wildman–Crippen MR) is 102 cm³/mol. The number of fused-ring (bicyclic) bond motifs is 2. The minimum Gasteiger partial charge on any atom is -0.381 e. The van der Waals surface area contributed by atoms with E-state index >= 15 is 0 Å². The van der Waals surface area contributed by atoms with E-state index in [1.807, 2.05) is 0 Å². The Bertz CT molecular complexity index is 551. The summed E-state index contributed by atoms with van der Waals surface area (Å²) < 4.78 is 11.8. The van der Waals surface area contributed by atoms with Gasteiger partial charge in [-0.1, -0.05) is 12.8 Å². The number of hydrogen-bond acceptors (Lipinski definition) is 3. The molecule has 2 aliphatic carbocycles. The zero-order chi connectivity index (χ0) is 17.6. The van der Waals surface area contributed by atoms with Crippen LogP contribution >= 0.6 is 0 Å². The molecule has 3 heterocycles. The van der Waals surface area contributed by atoms with E-state index in [0.717, 1.165) is 39.5 Å². The zero-order valence-corrected chi connectivity index (χ0v) is 16.3. The zero-order valence-electron chi connectivity index (χ0n) is 16.3. The summed E-state index contributed by atoms with van der Waals surface area (Å²) in [7, 11) is 0. The van der Waals surface area contributed by atoms with E-state index in [1.54, 1.807) is 0 Å². The van der Waals surface area contributed by atoms with Crippen LogP contribution in [-0.2, 0) is 9.47 Å². The lowest BCUT2D eigenvalue weighted by molar-refractivity contribution is -0.125. The van der Waals surface area contributed by atoms with Gasteiger partial charge in [0.05, 0.1) is 6.10 Å². The van der Waals surface area contributed by atoms with Crippen molar-refractivity contribution in [2.24, 2.45) is 21.7 Å². The molecular formula is C21H35N3O2. The fourth-order valence-electron chi connectivity index (χ4n) is 6.76. The van der Waals surface area contributed by atoms with Crippen LogP contribution in [-0.4, -0.2) is 62.5 Å². The molecule has 3 aliphatic heterocycles. The number of hydrogen-bond donors (Lipinski definition) is 1. The largest absolute Gasteiger partial charge is 0.381 e. The van der Waals surface area contributed by atoms with Gasteiger partial charge in [-0.15, -0.1) is 0 Å². The topological polar surface area (TPSA) is 46.1 Å². The smallest absolute Gasteiger partial charge is 0.194 e. The van der Waals surface area contributed by atoms with Gasteiger partial charge in [-0.05, 0) is 50.9 Å². The molecule has 5 heteroatoms. The van der Waals surface area contributed by atoms with Gasteiger partial charge in [0.2, 0.25) is 0 Å². The van der Waals surface area contributed by atoms with Gasteiger partial charge in [-0.3, -0.25) is 4.99 Å². The van der Waals surface area contributed by atoms with Gasteiger partial charge in [-0.25, -0.2) is 0 Å². The summed E-state index contributed by atoms with van der Waals surface area (Å²) in [6.07, 6.45) is 10.9. The van der Waals surface area contributed by atoms with Crippen LogP contribution in [0.15, 0.2) is 4.99 Å². The first-order chi connectivity index (χ1) is 12.8. The van der Waals surface area contributed by atoms with Crippen molar-refractivity contribution in [3.05, 3.63) is 0 Å². The molecule has 2 saturated carbocycles. The predicted octanol–water partition coefficient (Wildman–Crippen LogP) is 2.80. The highest BCUT2D eigenvalue weighted by Crippen LogP contribution is 2.60. The summed E-state index contributed by atoms with van der Waals surface area (Å²) in [5, 5.41) is 3.99. The van der Waals surface area contributed by atoms with Crippen LogP contribution < -0.4 is 5.32 Å². The standard InChI is InChI=1S/C21H35N3O2/c1-2-22-19(24-11-8-20(15-24)9-13-25-14-10-20)23-17-16-5-12-26-18(16)21(17)6-3-4-7-21/h16-18H,2-15H2,1H3,(H,22,23). The minimum atomic E-state index is 0.395. The highest BCUT2D eigenvalue weighted by atomic mass is 16.5. The van der Waals surface area contributed by atoms with E-state index in [0.29, 0.717) is 28.9 Å². The van der Waals surface area contributed by atoms with Crippen LogP contribution in [0.5, 0.6) is 0 Å². The number of guanidine groups is 1. The quantitative estimate of drug-likeness (QED) is 0.607. The van der Waals surface area contributed by atoms with E-state index in [4.69, 9.17) is 14.5 Å². The first kappa shape index (κ1) is 17.3. The maximum absolute atomic E-state index is 6.17. The SMILES string of the molecule is CCN=C(NC1C2CCOC2C12CCCC2)N1CCC2(CCOCC2)C1. The lowest BCUT2D eigenvalue weighted by Crippen LogP contribution is -2.69. The van der Waals surface area contributed by atoms with Crippen LogP contribution in [0.3, 0.4) is 0 Å². The van der Waals surface area contributed by atoms with Crippen molar-refractivity contribution in [2.75, 3.05) is 39.5 Å². The van der Waals surface area contributed by atoms with Crippen molar-refractivity contribution in [1.29, 1.82) is 0 Å². The number of rotatable bonds is 2.